The van der Waals surface area contributed by atoms with E-state index in [4.69, 9.17) is 0 Å². The van der Waals surface area contributed by atoms with Crippen molar-refractivity contribution in [1.82, 2.24) is 4.90 Å². The van der Waals surface area contributed by atoms with Gasteiger partial charge in [0.2, 0.25) is 0 Å². The van der Waals surface area contributed by atoms with Crippen LogP contribution in [-0.4, -0.2) is 24.5 Å². The monoisotopic (exact) mass is 353 g/mol. The Bertz CT molecular complexity index is 232. The molecule has 1 nitrogen and oxygen atoms in total. The average molecular weight is 354 g/mol. The number of nitrogens with zero attached hydrogens (tertiary/aromatic N) is 1. The van der Waals surface area contributed by atoms with E-state index in [1.165, 1.54) is 122 Å². The molecule has 0 saturated heterocycles. The molecule has 0 bridgehead atoms. The highest BCUT2D eigenvalue weighted by molar-refractivity contribution is 4.54. The third kappa shape index (κ3) is 20.1. The van der Waals surface area contributed by atoms with Crippen LogP contribution in [0.1, 0.15) is 130 Å². The van der Waals surface area contributed by atoms with Gasteiger partial charge in [0.25, 0.3) is 0 Å². The Labute approximate surface area is 161 Å². The van der Waals surface area contributed by atoms with Gasteiger partial charge in [0.05, 0.1) is 0 Å². The van der Waals surface area contributed by atoms with Gasteiger partial charge >= 0.3 is 0 Å². The minimum absolute atomic E-state index is 0.896. The van der Waals surface area contributed by atoms with Gasteiger partial charge in [-0.15, -0.1) is 0 Å². The Balaban J connectivity index is 3.05. The first-order chi connectivity index (χ1) is 12.2. The molecule has 0 aromatic rings. The molecule has 0 spiro atoms. The van der Waals surface area contributed by atoms with Crippen LogP contribution in [0.3, 0.4) is 0 Å². The van der Waals surface area contributed by atoms with Gasteiger partial charge in [-0.05, 0) is 32.0 Å². The fourth-order valence-electron chi connectivity index (χ4n) is 3.73. The molecule has 0 aromatic carbocycles. The Kier molecular flexibility index (Phi) is 20.2. The molecular weight excluding hydrogens is 302 g/mol. The molecule has 0 saturated carbocycles. The third-order valence-electron chi connectivity index (χ3n) is 5.65. The van der Waals surface area contributed by atoms with Crippen molar-refractivity contribution in [3.05, 3.63) is 0 Å². The molecule has 0 unspecified atom stereocenters. The lowest BCUT2D eigenvalue weighted by molar-refractivity contribution is 0.295. The van der Waals surface area contributed by atoms with Crippen molar-refractivity contribution >= 4 is 0 Å². The minimum atomic E-state index is 0.896. The van der Waals surface area contributed by atoms with E-state index < -0.39 is 0 Å². The van der Waals surface area contributed by atoms with Crippen LogP contribution in [0.2, 0.25) is 0 Å². The van der Waals surface area contributed by atoms with Gasteiger partial charge in [0.15, 0.2) is 0 Å². The molecule has 0 radical (unpaired) electrons. The van der Waals surface area contributed by atoms with E-state index in [-0.39, 0.29) is 0 Å². The molecule has 0 aliphatic carbocycles. The molecule has 0 atom stereocenters. The maximum absolute atomic E-state index is 2.55. The molecule has 0 aliphatic heterocycles. The topological polar surface area (TPSA) is 3.24 Å². The molecule has 1 heteroatoms. The summed E-state index contributed by atoms with van der Waals surface area (Å²) in [4.78, 5) is 2.55. The number of unbranched alkanes of at least 4 members (excludes halogenated alkanes) is 14. The van der Waals surface area contributed by atoms with E-state index in [1.54, 1.807) is 0 Å². The molecule has 25 heavy (non-hydrogen) atoms. The fraction of sp³-hybridized carbons (Fsp3) is 1.00. The lowest BCUT2D eigenvalue weighted by atomic mass is 10.0. The summed E-state index contributed by atoms with van der Waals surface area (Å²) in [6.45, 7) is 13.0. The molecular formula is C24H51N. The van der Waals surface area contributed by atoms with Crippen molar-refractivity contribution < 1.29 is 0 Å². The van der Waals surface area contributed by atoms with Crippen molar-refractivity contribution in [3.8, 4) is 0 Å². The van der Waals surface area contributed by atoms with Crippen LogP contribution in [0.15, 0.2) is 0 Å². The molecule has 0 N–H and O–H groups in total. The first kappa shape index (κ1) is 25.0. The van der Waals surface area contributed by atoms with Crippen LogP contribution in [-0.2, 0) is 0 Å². The zero-order chi connectivity index (χ0) is 18.6. The standard InChI is InChI=1S/C24H51N/c1-5-25(6-2)23-21-19-17-15-13-11-9-7-8-10-12-14-16-18-20-22-24(3)4/h24H,5-23H2,1-4H3. The lowest BCUT2D eigenvalue weighted by Crippen LogP contribution is -2.23. The summed E-state index contributed by atoms with van der Waals surface area (Å²) in [6, 6.07) is 0. The van der Waals surface area contributed by atoms with Gasteiger partial charge in [-0.3, -0.25) is 0 Å². The highest BCUT2D eigenvalue weighted by Gasteiger charge is 1.98. The summed E-state index contributed by atoms with van der Waals surface area (Å²) in [6.07, 6.45) is 23.4. The van der Waals surface area contributed by atoms with Gasteiger partial charge < -0.3 is 4.90 Å². The molecule has 0 aromatic heterocycles. The number of rotatable bonds is 20. The van der Waals surface area contributed by atoms with E-state index in [0.717, 1.165) is 5.92 Å². The summed E-state index contributed by atoms with van der Waals surface area (Å²) < 4.78 is 0. The highest BCUT2D eigenvalue weighted by Crippen LogP contribution is 2.14. The third-order valence-corrected chi connectivity index (χ3v) is 5.65. The average Bonchev–Trinajstić information content (AvgIpc) is 2.60. The van der Waals surface area contributed by atoms with Gasteiger partial charge in [-0.1, -0.05) is 124 Å². The summed E-state index contributed by atoms with van der Waals surface area (Å²) in [5.74, 6) is 0.896. The van der Waals surface area contributed by atoms with Crippen molar-refractivity contribution in [2.24, 2.45) is 5.92 Å². The Hall–Kier alpha value is -0.0400. The first-order valence-electron chi connectivity index (χ1n) is 11.9. The highest BCUT2D eigenvalue weighted by atomic mass is 15.1. The quantitative estimate of drug-likeness (QED) is 0.199. The SMILES string of the molecule is CCN(CC)CCCCCCCCCCCCCCCCCC(C)C. The smallest absolute Gasteiger partial charge is 0.00190 e. The van der Waals surface area contributed by atoms with Gasteiger partial charge in [-0.25, -0.2) is 0 Å². The number of hydrogen-bond acceptors (Lipinski definition) is 1. The van der Waals surface area contributed by atoms with Crippen molar-refractivity contribution in [2.75, 3.05) is 19.6 Å². The molecule has 0 amide bonds. The molecule has 0 heterocycles. The second-order valence-corrected chi connectivity index (χ2v) is 8.51. The van der Waals surface area contributed by atoms with Crippen LogP contribution in [0.4, 0.5) is 0 Å². The van der Waals surface area contributed by atoms with Crippen molar-refractivity contribution in [2.45, 2.75) is 130 Å². The van der Waals surface area contributed by atoms with E-state index in [9.17, 15) is 0 Å². The zero-order valence-corrected chi connectivity index (χ0v) is 18.5. The second-order valence-electron chi connectivity index (χ2n) is 8.51. The van der Waals surface area contributed by atoms with Crippen LogP contribution in [0.5, 0.6) is 0 Å². The van der Waals surface area contributed by atoms with Crippen molar-refractivity contribution in [3.63, 3.8) is 0 Å². The predicted octanol–water partition coefficient (Wildman–Crippen LogP) is 8.23. The van der Waals surface area contributed by atoms with E-state index in [2.05, 4.69) is 32.6 Å². The summed E-state index contributed by atoms with van der Waals surface area (Å²) >= 11 is 0. The predicted molar refractivity (Wildman–Crippen MR) is 116 cm³/mol. The maximum Gasteiger partial charge on any atom is -0.00190 e. The minimum Gasteiger partial charge on any atom is -0.304 e. The van der Waals surface area contributed by atoms with Crippen LogP contribution >= 0.6 is 0 Å². The fourth-order valence-corrected chi connectivity index (χ4v) is 3.73. The van der Waals surface area contributed by atoms with E-state index >= 15 is 0 Å². The van der Waals surface area contributed by atoms with Gasteiger partial charge in [0, 0.05) is 0 Å². The van der Waals surface area contributed by atoms with Gasteiger partial charge in [-0.2, -0.15) is 0 Å². The Morgan fingerprint density at radius 3 is 1.12 bits per heavy atom. The van der Waals surface area contributed by atoms with Crippen LogP contribution in [0.25, 0.3) is 0 Å². The molecule has 0 aliphatic rings. The summed E-state index contributed by atoms with van der Waals surface area (Å²) in [5, 5.41) is 0. The van der Waals surface area contributed by atoms with Gasteiger partial charge in [0.1, 0.15) is 0 Å². The number of hydrogen-bond donors (Lipinski definition) is 0. The maximum atomic E-state index is 2.55. The van der Waals surface area contributed by atoms with Crippen molar-refractivity contribution in [1.29, 1.82) is 0 Å². The second kappa shape index (κ2) is 20.3. The molecule has 152 valence electrons. The largest absolute Gasteiger partial charge is 0.304 e. The Morgan fingerprint density at radius 1 is 0.480 bits per heavy atom. The van der Waals surface area contributed by atoms with Crippen LogP contribution in [0, 0.1) is 5.92 Å². The summed E-state index contributed by atoms with van der Waals surface area (Å²) in [7, 11) is 0. The Morgan fingerprint density at radius 2 is 0.800 bits per heavy atom. The normalized spacial score (nSPS) is 11.8. The first-order valence-corrected chi connectivity index (χ1v) is 11.9. The molecule has 0 rings (SSSR count). The van der Waals surface area contributed by atoms with Crippen LogP contribution < -0.4 is 0 Å². The zero-order valence-electron chi connectivity index (χ0n) is 18.5. The van der Waals surface area contributed by atoms with E-state index in [0.29, 0.717) is 0 Å². The molecule has 0 fully saturated rings. The lowest BCUT2D eigenvalue weighted by Gasteiger charge is -2.17. The summed E-state index contributed by atoms with van der Waals surface area (Å²) in [5.41, 5.74) is 0. The van der Waals surface area contributed by atoms with E-state index in [1.807, 2.05) is 0 Å².